The zero-order valence-corrected chi connectivity index (χ0v) is 10.6. The van der Waals surface area contributed by atoms with Crippen molar-refractivity contribution in [3.63, 3.8) is 0 Å². The summed E-state index contributed by atoms with van der Waals surface area (Å²) in [6.45, 7) is 3.34. The Bertz CT molecular complexity index is 634. The van der Waals surface area contributed by atoms with Gasteiger partial charge in [0.15, 0.2) is 0 Å². The van der Waals surface area contributed by atoms with E-state index in [0.717, 1.165) is 23.9 Å². The van der Waals surface area contributed by atoms with Crippen LogP contribution < -0.4 is 5.32 Å². The van der Waals surface area contributed by atoms with Gasteiger partial charge >= 0.3 is 0 Å². The van der Waals surface area contributed by atoms with Crippen molar-refractivity contribution in [1.29, 1.82) is 0 Å². The first-order valence-corrected chi connectivity index (χ1v) is 6.79. The molecule has 2 aromatic rings. The lowest BCUT2D eigenvalue weighted by Gasteiger charge is -2.23. The highest BCUT2D eigenvalue weighted by atomic mass is 16.3. The molecule has 3 heterocycles. The van der Waals surface area contributed by atoms with Gasteiger partial charge in [0.2, 0.25) is 0 Å². The molecule has 2 saturated heterocycles. The van der Waals surface area contributed by atoms with Crippen molar-refractivity contribution in [2.45, 2.75) is 12.5 Å². The van der Waals surface area contributed by atoms with E-state index in [-0.39, 0.29) is 5.91 Å². The molecule has 19 heavy (non-hydrogen) atoms. The van der Waals surface area contributed by atoms with Gasteiger partial charge in [0.25, 0.3) is 5.91 Å². The van der Waals surface area contributed by atoms with Gasteiger partial charge in [0, 0.05) is 35.5 Å². The maximum absolute atomic E-state index is 12.3. The number of fused-ring (bicyclic) bond motifs is 3. The van der Waals surface area contributed by atoms with E-state index in [4.69, 9.17) is 4.42 Å². The van der Waals surface area contributed by atoms with Crippen molar-refractivity contribution < 1.29 is 9.21 Å². The number of rotatable bonds is 2. The van der Waals surface area contributed by atoms with E-state index in [2.05, 4.69) is 10.2 Å². The minimum Gasteiger partial charge on any atom is -0.471 e. The molecule has 2 bridgehead atoms. The van der Waals surface area contributed by atoms with Crippen LogP contribution in [0.4, 0.5) is 0 Å². The van der Waals surface area contributed by atoms with Gasteiger partial charge in [-0.3, -0.25) is 4.79 Å². The Kier molecular flexibility index (Phi) is 2.38. The van der Waals surface area contributed by atoms with Crippen LogP contribution in [0.2, 0.25) is 0 Å². The van der Waals surface area contributed by atoms with Crippen LogP contribution in [0.25, 0.3) is 10.8 Å². The number of piperidine rings is 1. The van der Waals surface area contributed by atoms with Crippen molar-refractivity contribution in [3.8, 4) is 0 Å². The average molecular weight is 256 g/mol. The molecule has 1 aromatic heterocycles. The van der Waals surface area contributed by atoms with Gasteiger partial charge in [0.05, 0.1) is 12.5 Å². The molecule has 4 nitrogen and oxygen atoms in total. The number of hydrogen-bond acceptors (Lipinski definition) is 3. The Morgan fingerprint density at radius 1 is 1.26 bits per heavy atom. The van der Waals surface area contributed by atoms with Gasteiger partial charge in [-0.1, -0.05) is 6.07 Å². The van der Waals surface area contributed by atoms with E-state index in [1.54, 1.807) is 12.5 Å². The summed E-state index contributed by atoms with van der Waals surface area (Å²) in [5.74, 6) is 0.670. The summed E-state index contributed by atoms with van der Waals surface area (Å²) in [6.07, 6.45) is 4.58. The lowest BCUT2D eigenvalue weighted by molar-refractivity contribution is 0.0924. The van der Waals surface area contributed by atoms with Gasteiger partial charge in [-0.2, -0.15) is 0 Å². The first-order valence-electron chi connectivity index (χ1n) is 6.79. The molecular weight excluding hydrogens is 240 g/mol. The van der Waals surface area contributed by atoms with Gasteiger partial charge in [-0.25, -0.2) is 0 Å². The Morgan fingerprint density at radius 3 is 2.95 bits per heavy atom. The third kappa shape index (κ3) is 1.83. The Labute approximate surface area is 111 Å². The summed E-state index contributed by atoms with van der Waals surface area (Å²) in [5, 5.41) is 5.18. The van der Waals surface area contributed by atoms with Crippen LogP contribution in [0.1, 0.15) is 16.8 Å². The number of hydrogen-bond donors (Lipinski definition) is 1. The number of benzene rings is 1. The topological polar surface area (TPSA) is 45.5 Å². The van der Waals surface area contributed by atoms with E-state index in [1.165, 1.54) is 13.0 Å². The molecule has 1 N–H and O–H groups in total. The zero-order chi connectivity index (χ0) is 12.8. The van der Waals surface area contributed by atoms with Crippen molar-refractivity contribution in [2.24, 2.45) is 5.92 Å². The fourth-order valence-electron chi connectivity index (χ4n) is 3.31. The highest BCUT2D eigenvalue weighted by molar-refractivity contribution is 5.98. The predicted octanol–water partition coefficient (Wildman–Crippen LogP) is 1.87. The van der Waals surface area contributed by atoms with E-state index >= 15 is 0 Å². The Hall–Kier alpha value is -1.81. The fraction of sp³-hybridized carbons (Fsp3) is 0.400. The summed E-state index contributed by atoms with van der Waals surface area (Å²) in [6, 6.07) is 6.00. The smallest absolute Gasteiger partial charge is 0.251 e. The summed E-state index contributed by atoms with van der Waals surface area (Å²) in [4.78, 5) is 14.7. The SMILES string of the molecule is O=C(N[C@H]1CN2CC[C@H]1C2)c1ccc2cocc2c1. The van der Waals surface area contributed by atoms with Gasteiger partial charge in [-0.05, 0) is 31.0 Å². The van der Waals surface area contributed by atoms with E-state index in [1.807, 2.05) is 18.2 Å². The molecule has 2 fully saturated rings. The second-order valence-electron chi connectivity index (χ2n) is 5.60. The molecule has 1 aromatic carbocycles. The molecule has 2 aliphatic rings. The first kappa shape index (κ1) is 11.1. The number of nitrogens with one attached hydrogen (secondary N) is 1. The second-order valence-corrected chi connectivity index (χ2v) is 5.60. The van der Waals surface area contributed by atoms with Crippen LogP contribution in [0.5, 0.6) is 0 Å². The van der Waals surface area contributed by atoms with Crippen molar-refractivity contribution in [2.75, 3.05) is 19.6 Å². The van der Waals surface area contributed by atoms with Gasteiger partial charge in [-0.15, -0.1) is 0 Å². The van der Waals surface area contributed by atoms with Crippen molar-refractivity contribution in [1.82, 2.24) is 10.2 Å². The lowest BCUT2D eigenvalue weighted by Crippen LogP contribution is -2.43. The van der Waals surface area contributed by atoms with Crippen LogP contribution >= 0.6 is 0 Å². The van der Waals surface area contributed by atoms with Crippen LogP contribution in [0, 0.1) is 5.92 Å². The highest BCUT2D eigenvalue weighted by Gasteiger charge is 2.38. The van der Waals surface area contributed by atoms with Crippen LogP contribution in [-0.2, 0) is 0 Å². The first-order chi connectivity index (χ1) is 9.29. The summed E-state index contributed by atoms with van der Waals surface area (Å²) < 4.78 is 5.13. The maximum atomic E-state index is 12.3. The number of furan rings is 1. The van der Waals surface area contributed by atoms with E-state index < -0.39 is 0 Å². The second kappa shape index (κ2) is 4.10. The molecule has 0 saturated carbocycles. The largest absolute Gasteiger partial charge is 0.471 e. The third-order valence-corrected chi connectivity index (χ3v) is 4.39. The minimum absolute atomic E-state index is 0.0295. The molecule has 0 aliphatic carbocycles. The molecule has 3 atom stereocenters. The number of carbonyl (C=O) groups is 1. The summed E-state index contributed by atoms with van der Waals surface area (Å²) in [5.41, 5.74) is 0.715. The molecule has 1 unspecified atom stereocenters. The van der Waals surface area contributed by atoms with Crippen LogP contribution in [-0.4, -0.2) is 36.5 Å². The normalized spacial score (nSPS) is 28.9. The molecular formula is C15H16N2O2. The Morgan fingerprint density at radius 2 is 2.16 bits per heavy atom. The lowest BCUT2D eigenvalue weighted by atomic mass is 9.99. The fourth-order valence-corrected chi connectivity index (χ4v) is 3.31. The van der Waals surface area contributed by atoms with E-state index in [0.29, 0.717) is 17.5 Å². The minimum atomic E-state index is 0.0295. The van der Waals surface area contributed by atoms with Crippen LogP contribution in [0.15, 0.2) is 35.1 Å². The molecule has 98 valence electrons. The maximum Gasteiger partial charge on any atom is 0.251 e. The van der Waals surface area contributed by atoms with Crippen molar-refractivity contribution in [3.05, 3.63) is 36.3 Å². The van der Waals surface area contributed by atoms with Gasteiger partial charge < -0.3 is 14.6 Å². The molecule has 2 aliphatic heterocycles. The van der Waals surface area contributed by atoms with Crippen molar-refractivity contribution >= 4 is 16.7 Å². The molecule has 0 radical (unpaired) electrons. The van der Waals surface area contributed by atoms with Crippen LogP contribution in [0.3, 0.4) is 0 Å². The number of nitrogens with zero attached hydrogens (tertiary/aromatic N) is 1. The summed E-state index contributed by atoms with van der Waals surface area (Å²) in [7, 11) is 0. The molecule has 4 heteroatoms. The monoisotopic (exact) mass is 256 g/mol. The average Bonchev–Trinajstić information content (AvgIpc) is 3.13. The highest BCUT2D eigenvalue weighted by Crippen LogP contribution is 2.28. The molecule has 0 spiro atoms. The quantitative estimate of drug-likeness (QED) is 0.892. The van der Waals surface area contributed by atoms with E-state index in [9.17, 15) is 4.79 Å². The zero-order valence-electron chi connectivity index (χ0n) is 10.6. The number of amides is 1. The van der Waals surface area contributed by atoms with Gasteiger partial charge in [0.1, 0.15) is 0 Å². The standard InChI is InChI=1S/C15H16N2O2/c18-15(16-14-7-17-4-3-11(14)6-17)10-1-2-12-8-19-9-13(12)5-10/h1-2,5,8-9,11,14H,3-4,6-7H2,(H,16,18)/t11-,14-/m0/s1. The number of carbonyl (C=O) groups excluding carboxylic acids is 1. The molecule has 4 rings (SSSR count). The summed E-state index contributed by atoms with van der Waals surface area (Å²) >= 11 is 0. The third-order valence-electron chi connectivity index (χ3n) is 4.39. The molecule has 1 amide bonds. The Balaban J connectivity index is 1.53. The predicted molar refractivity (Wildman–Crippen MR) is 72.0 cm³/mol.